The van der Waals surface area contributed by atoms with Crippen LogP contribution < -0.4 is 4.74 Å². The van der Waals surface area contributed by atoms with Gasteiger partial charge in [-0.15, -0.1) is 10.2 Å². The van der Waals surface area contributed by atoms with Crippen molar-refractivity contribution in [1.29, 1.82) is 0 Å². The van der Waals surface area contributed by atoms with Gasteiger partial charge in [0.25, 0.3) is 5.22 Å². The van der Waals surface area contributed by atoms with Gasteiger partial charge in [-0.25, -0.2) is 0 Å². The minimum atomic E-state index is 0.480. The maximum Gasteiger partial charge on any atom is 0.277 e. The number of benzene rings is 1. The molecule has 2 heterocycles. The van der Waals surface area contributed by atoms with Crippen LogP contribution in [-0.2, 0) is 5.75 Å². The van der Waals surface area contributed by atoms with Crippen molar-refractivity contribution < 1.29 is 13.7 Å². The van der Waals surface area contributed by atoms with Crippen LogP contribution in [0, 0.1) is 6.92 Å². The van der Waals surface area contributed by atoms with Crippen LogP contribution in [0.25, 0.3) is 11.5 Å². The number of nitrogens with zero attached hydrogens (tertiary/aromatic N) is 3. The third kappa shape index (κ3) is 3.25. The molecular weight excluding hydrogens is 290 g/mol. The van der Waals surface area contributed by atoms with Gasteiger partial charge in [-0.3, -0.25) is 0 Å². The highest BCUT2D eigenvalue weighted by atomic mass is 32.2. The smallest absolute Gasteiger partial charge is 0.277 e. The van der Waals surface area contributed by atoms with E-state index < -0.39 is 0 Å². The summed E-state index contributed by atoms with van der Waals surface area (Å²) in [6, 6.07) is 9.34. The lowest BCUT2D eigenvalue weighted by atomic mass is 10.2. The molecule has 3 aromatic rings. The van der Waals surface area contributed by atoms with Gasteiger partial charge in [-0.2, -0.15) is 0 Å². The Kier molecular flexibility index (Phi) is 3.92. The largest absolute Gasteiger partial charge is 0.497 e. The maximum absolute atomic E-state index is 5.61. The maximum atomic E-state index is 5.61. The standard InChI is InChI=1S/C14H13N3O3S/c1-9-7-12(20-17-9)8-21-14-16-15-13(19-14)10-3-5-11(18-2)6-4-10/h3-7H,8H2,1-2H3. The second-order valence-corrected chi connectivity index (χ2v) is 5.25. The van der Waals surface area contributed by atoms with Crippen LogP contribution in [0.2, 0.25) is 0 Å². The zero-order valence-electron chi connectivity index (χ0n) is 11.6. The Morgan fingerprint density at radius 1 is 1.19 bits per heavy atom. The zero-order chi connectivity index (χ0) is 14.7. The summed E-state index contributed by atoms with van der Waals surface area (Å²) in [5.74, 6) is 2.65. The minimum Gasteiger partial charge on any atom is -0.497 e. The van der Waals surface area contributed by atoms with Crippen LogP contribution in [0.15, 0.2) is 44.5 Å². The molecular formula is C14H13N3O3S. The van der Waals surface area contributed by atoms with Crippen LogP contribution in [0.1, 0.15) is 11.5 Å². The molecule has 0 aliphatic rings. The van der Waals surface area contributed by atoms with E-state index in [1.165, 1.54) is 11.8 Å². The molecule has 1 aromatic carbocycles. The van der Waals surface area contributed by atoms with Gasteiger partial charge in [-0.1, -0.05) is 16.9 Å². The molecule has 2 aromatic heterocycles. The summed E-state index contributed by atoms with van der Waals surface area (Å²) in [7, 11) is 1.63. The van der Waals surface area contributed by atoms with E-state index in [-0.39, 0.29) is 0 Å². The SMILES string of the molecule is COc1ccc(-c2nnc(SCc3cc(C)no3)o2)cc1. The number of aryl methyl sites for hydroxylation is 1. The van der Waals surface area contributed by atoms with Crippen molar-refractivity contribution in [1.82, 2.24) is 15.4 Å². The molecule has 21 heavy (non-hydrogen) atoms. The van der Waals surface area contributed by atoms with Gasteiger partial charge < -0.3 is 13.7 Å². The molecule has 0 saturated carbocycles. The van der Waals surface area contributed by atoms with Gasteiger partial charge in [0, 0.05) is 11.6 Å². The lowest BCUT2D eigenvalue weighted by Gasteiger charge is -1.99. The van der Waals surface area contributed by atoms with E-state index in [9.17, 15) is 0 Å². The van der Waals surface area contributed by atoms with Crippen molar-refractivity contribution in [3.8, 4) is 17.2 Å². The minimum absolute atomic E-state index is 0.480. The molecule has 0 spiro atoms. The number of rotatable bonds is 5. The lowest BCUT2D eigenvalue weighted by molar-refractivity contribution is 0.390. The fraction of sp³-hybridized carbons (Fsp3) is 0.214. The van der Waals surface area contributed by atoms with Crippen molar-refractivity contribution in [2.75, 3.05) is 7.11 Å². The van der Waals surface area contributed by atoms with E-state index in [1.54, 1.807) is 7.11 Å². The number of hydrogen-bond acceptors (Lipinski definition) is 7. The summed E-state index contributed by atoms with van der Waals surface area (Å²) in [5.41, 5.74) is 1.71. The van der Waals surface area contributed by atoms with Gasteiger partial charge in [-0.05, 0) is 31.2 Å². The molecule has 0 unspecified atom stereocenters. The number of thioether (sulfide) groups is 1. The van der Waals surface area contributed by atoms with Gasteiger partial charge in [0.15, 0.2) is 0 Å². The van der Waals surface area contributed by atoms with Crippen LogP contribution >= 0.6 is 11.8 Å². The average Bonchev–Trinajstić information content (AvgIpc) is 3.14. The molecule has 7 heteroatoms. The number of methoxy groups -OCH3 is 1. The Bertz CT molecular complexity index is 721. The highest BCUT2D eigenvalue weighted by Crippen LogP contribution is 2.26. The summed E-state index contributed by atoms with van der Waals surface area (Å²) in [6.45, 7) is 1.88. The molecule has 0 atom stereocenters. The predicted molar refractivity (Wildman–Crippen MR) is 77.1 cm³/mol. The van der Waals surface area contributed by atoms with E-state index in [0.29, 0.717) is 16.9 Å². The molecule has 0 aliphatic carbocycles. The number of hydrogen-bond donors (Lipinski definition) is 0. The van der Waals surface area contributed by atoms with Crippen LogP contribution in [0.5, 0.6) is 5.75 Å². The molecule has 108 valence electrons. The lowest BCUT2D eigenvalue weighted by Crippen LogP contribution is -1.82. The highest BCUT2D eigenvalue weighted by molar-refractivity contribution is 7.98. The normalized spacial score (nSPS) is 10.8. The topological polar surface area (TPSA) is 74.2 Å². The van der Waals surface area contributed by atoms with Crippen molar-refractivity contribution in [2.24, 2.45) is 0 Å². The molecule has 0 saturated heterocycles. The molecule has 6 nitrogen and oxygen atoms in total. The first-order valence-electron chi connectivity index (χ1n) is 6.27. The van der Waals surface area contributed by atoms with Crippen LogP contribution in [-0.4, -0.2) is 22.5 Å². The molecule has 0 aliphatic heterocycles. The Morgan fingerprint density at radius 2 is 2.00 bits per heavy atom. The summed E-state index contributed by atoms with van der Waals surface area (Å²) in [4.78, 5) is 0. The molecule has 0 fully saturated rings. The predicted octanol–water partition coefficient (Wildman–Crippen LogP) is 3.33. The molecule has 0 bridgehead atoms. The van der Waals surface area contributed by atoms with Gasteiger partial charge in [0.2, 0.25) is 5.89 Å². The molecule has 0 radical (unpaired) electrons. The second kappa shape index (κ2) is 6.01. The van der Waals surface area contributed by atoms with Crippen LogP contribution in [0.4, 0.5) is 0 Å². The molecule has 3 rings (SSSR count). The third-order valence-corrected chi connectivity index (χ3v) is 3.60. The van der Waals surface area contributed by atoms with Gasteiger partial charge in [0.1, 0.15) is 11.5 Å². The Hall–Kier alpha value is -2.28. The average molecular weight is 303 g/mol. The van der Waals surface area contributed by atoms with Crippen LogP contribution in [0.3, 0.4) is 0 Å². The molecule has 0 amide bonds. The summed E-state index contributed by atoms with van der Waals surface area (Å²) in [6.07, 6.45) is 0. The fourth-order valence-corrected chi connectivity index (χ4v) is 2.37. The quantitative estimate of drug-likeness (QED) is 0.669. The van der Waals surface area contributed by atoms with Gasteiger partial charge >= 0.3 is 0 Å². The van der Waals surface area contributed by atoms with Gasteiger partial charge in [0.05, 0.1) is 18.6 Å². The Morgan fingerprint density at radius 3 is 2.67 bits per heavy atom. The zero-order valence-corrected chi connectivity index (χ0v) is 12.4. The van der Waals surface area contributed by atoms with Crippen molar-refractivity contribution >= 4 is 11.8 Å². The first-order chi connectivity index (χ1) is 10.2. The van der Waals surface area contributed by atoms with E-state index in [4.69, 9.17) is 13.7 Å². The second-order valence-electron chi connectivity index (χ2n) is 4.32. The summed E-state index contributed by atoms with van der Waals surface area (Å²) >= 11 is 1.41. The first-order valence-corrected chi connectivity index (χ1v) is 7.26. The van der Waals surface area contributed by atoms with Crippen molar-refractivity contribution in [2.45, 2.75) is 17.9 Å². The summed E-state index contributed by atoms with van der Waals surface area (Å²) < 4.78 is 15.9. The summed E-state index contributed by atoms with van der Waals surface area (Å²) in [5, 5.41) is 12.4. The van der Waals surface area contributed by atoms with E-state index in [2.05, 4.69) is 15.4 Å². The number of aromatic nitrogens is 3. The van der Waals surface area contributed by atoms with E-state index >= 15 is 0 Å². The first kappa shape index (κ1) is 13.7. The fourth-order valence-electron chi connectivity index (χ4n) is 1.74. The highest BCUT2D eigenvalue weighted by Gasteiger charge is 2.10. The van der Waals surface area contributed by atoms with E-state index in [1.807, 2.05) is 37.3 Å². The number of ether oxygens (including phenoxy) is 1. The monoisotopic (exact) mass is 303 g/mol. The third-order valence-electron chi connectivity index (χ3n) is 2.76. The Balaban J connectivity index is 1.67. The van der Waals surface area contributed by atoms with E-state index in [0.717, 1.165) is 22.8 Å². The van der Waals surface area contributed by atoms with Crippen molar-refractivity contribution in [3.05, 3.63) is 41.8 Å². The molecule has 0 N–H and O–H groups in total. The van der Waals surface area contributed by atoms with Crippen molar-refractivity contribution in [3.63, 3.8) is 0 Å². The Labute approximate surface area is 125 Å².